The molecule has 0 aromatic heterocycles. The molecule has 154 valence electrons. The topological polar surface area (TPSA) is 53.5 Å². The highest BCUT2D eigenvalue weighted by Gasteiger charge is 2.26. The molecule has 2 atom stereocenters. The van der Waals surface area contributed by atoms with Gasteiger partial charge in [-0.1, -0.05) is 47.5 Å². The summed E-state index contributed by atoms with van der Waals surface area (Å²) in [4.78, 5) is 0. The van der Waals surface area contributed by atoms with Crippen LogP contribution in [0.1, 0.15) is 34.5 Å². The Kier molecular flexibility index (Phi) is 6.04. The van der Waals surface area contributed by atoms with Crippen LogP contribution < -0.4 is 15.4 Å². The summed E-state index contributed by atoms with van der Waals surface area (Å²) in [5, 5.41) is 18.2. The van der Waals surface area contributed by atoms with Gasteiger partial charge in [-0.25, -0.2) is 0 Å². The van der Waals surface area contributed by atoms with Gasteiger partial charge in [0.15, 0.2) is 0 Å². The molecule has 1 aliphatic rings. The molecule has 3 aromatic carbocycles. The van der Waals surface area contributed by atoms with Crippen LogP contribution in [0.5, 0.6) is 11.5 Å². The molecule has 0 saturated heterocycles. The lowest BCUT2D eigenvalue weighted by Gasteiger charge is -2.33. The first-order chi connectivity index (χ1) is 14.4. The van der Waals surface area contributed by atoms with Crippen molar-refractivity contribution in [1.29, 1.82) is 0 Å². The van der Waals surface area contributed by atoms with Gasteiger partial charge in [0, 0.05) is 16.3 Å². The SMILES string of the molecule is COc1ccc(C2NC(c3ccc(C)cc3)=CC(c3cc(Cl)ccc3O)N2)cc1Br. The maximum absolute atomic E-state index is 10.5. The van der Waals surface area contributed by atoms with Crippen molar-refractivity contribution in [2.45, 2.75) is 19.1 Å². The lowest BCUT2D eigenvalue weighted by molar-refractivity contribution is 0.408. The van der Waals surface area contributed by atoms with Gasteiger partial charge in [-0.3, -0.25) is 5.32 Å². The van der Waals surface area contributed by atoms with E-state index in [0.29, 0.717) is 5.02 Å². The highest BCUT2D eigenvalue weighted by atomic mass is 79.9. The fourth-order valence-electron chi connectivity index (χ4n) is 3.55. The number of hydrogen-bond acceptors (Lipinski definition) is 4. The van der Waals surface area contributed by atoms with Crippen LogP contribution in [0.3, 0.4) is 0 Å². The Morgan fingerprint density at radius 2 is 1.80 bits per heavy atom. The van der Waals surface area contributed by atoms with E-state index in [1.807, 2.05) is 18.2 Å². The number of phenols is 1. The van der Waals surface area contributed by atoms with Crippen molar-refractivity contribution >= 4 is 33.2 Å². The van der Waals surface area contributed by atoms with E-state index in [2.05, 4.69) is 63.8 Å². The Morgan fingerprint density at radius 3 is 2.50 bits per heavy atom. The predicted molar refractivity (Wildman–Crippen MR) is 125 cm³/mol. The van der Waals surface area contributed by atoms with Crippen LogP contribution >= 0.6 is 27.5 Å². The number of methoxy groups -OCH3 is 1. The van der Waals surface area contributed by atoms with Crippen LogP contribution in [0.4, 0.5) is 0 Å². The normalized spacial score (nSPS) is 18.5. The molecule has 0 amide bonds. The summed E-state index contributed by atoms with van der Waals surface area (Å²) < 4.78 is 6.24. The molecular weight excluding hydrogens is 464 g/mol. The van der Waals surface area contributed by atoms with E-state index in [-0.39, 0.29) is 18.0 Å². The molecule has 0 fully saturated rings. The molecule has 6 heteroatoms. The van der Waals surface area contributed by atoms with Crippen molar-refractivity contribution in [1.82, 2.24) is 10.6 Å². The zero-order valence-electron chi connectivity index (χ0n) is 16.6. The first kappa shape index (κ1) is 20.8. The van der Waals surface area contributed by atoms with Gasteiger partial charge >= 0.3 is 0 Å². The summed E-state index contributed by atoms with van der Waals surface area (Å²) in [6.07, 6.45) is 1.89. The van der Waals surface area contributed by atoms with Crippen LogP contribution in [0.15, 0.2) is 71.2 Å². The molecule has 0 radical (unpaired) electrons. The van der Waals surface area contributed by atoms with Crippen molar-refractivity contribution in [3.05, 3.63) is 98.5 Å². The summed E-state index contributed by atoms with van der Waals surface area (Å²) in [5.41, 5.74) is 5.02. The smallest absolute Gasteiger partial charge is 0.133 e. The fraction of sp³-hybridized carbons (Fsp3) is 0.167. The quantitative estimate of drug-likeness (QED) is 0.418. The Hall–Kier alpha value is -2.47. The Balaban J connectivity index is 1.77. The molecule has 30 heavy (non-hydrogen) atoms. The molecule has 1 aliphatic heterocycles. The van der Waals surface area contributed by atoms with Gasteiger partial charge in [-0.2, -0.15) is 0 Å². The summed E-state index contributed by atoms with van der Waals surface area (Å²) in [6, 6.07) is 19.2. The maximum Gasteiger partial charge on any atom is 0.133 e. The second-order valence-electron chi connectivity index (χ2n) is 7.27. The largest absolute Gasteiger partial charge is 0.508 e. The third kappa shape index (κ3) is 4.33. The predicted octanol–water partition coefficient (Wildman–Crippen LogP) is 6.10. The van der Waals surface area contributed by atoms with E-state index in [1.54, 1.807) is 25.3 Å². The van der Waals surface area contributed by atoms with Gasteiger partial charge < -0.3 is 15.2 Å². The average molecular weight is 486 g/mol. The van der Waals surface area contributed by atoms with E-state index in [9.17, 15) is 5.11 Å². The van der Waals surface area contributed by atoms with E-state index >= 15 is 0 Å². The van der Waals surface area contributed by atoms with Gasteiger partial charge in [0.2, 0.25) is 0 Å². The minimum absolute atomic E-state index is 0.183. The van der Waals surface area contributed by atoms with Crippen molar-refractivity contribution in [2.75, 3.05) is 7.11 Å². The molecule has 0 bridgehead atoms. The highest BCUT2D eigenvalue weighted by Crippen LogP contribution is 2.36. The molecule has 0 spiro atoms. The molecule has 0 aliphatic carbocycles. The van der Waals surface area contributed by atoms with Crippen LogP contribution in [0.25, 0.3) is 5.70 Å². The Labute approximate surface area is 189 Å². The van der Waals surface area contributed by atoms with Crippen LogP contribution in [-0.2, 0) is 0 Å². The number of rotatable bonds is 4. The van der Waals surface area contributed by atoms with Crippen molar-refractivity contribution < 1.29 is 9.84 Å². The van der Waals surface area contributed by atoms with Gasteiger partial charge in [0.05, 0.1) is 17.6 Å². The standard InChI is InChI=1S/C24H22BrClN2O2/c1-14-3-5-15(6-4-14)20-13-21(18-12-17(26)8-9-22(18)29)28-24(27-20)16-7-10-23(30-2)19(25)11-16/h3-13,21,24,27-29H,1-2H3. The first-order valence-electron chi connectivity index (χ1n) is 9.58. The number of halogens is 2. The summed E-state index contributed by atoms with van der Waals surface area (Å²) >= 11 is 9.79. The number of phenolic OH excluding ortho intramolecular Hbond substituents is 1. The van der Waals surface area contributed by atoms with Crippen molar-refractivity contribution in [3.63, 3.8) is 0 Å². The molecule has 4 rings (SSSR count). The third-order valence-electron chi connectivity index (χ3n) is 5.18. The lowest BCUT2D eigenvalue weighted by atomic mass is 9.97. The van der Waals surface area contributed by atoms with E-state index in [0.717, 1.165) is 32.6 Å². The number of aryl methyl sites for hydroxylation is 1. The first-order valence-corrected chi connectivity index (χ1v) is 10.7. The van der Waals surface area contributed by atoms with E-state index < -0.39 is 0 Å². The van der Waals surface area contributed by atoms with Crippen molar-refractivity contribution in [2.24, 2.45) is 0 Å². The molecule has 3 aromatic rings. The fourth-order valence-corrected chi connectivity index (χ4v) is 4.29. The number of aromatic hydroxyl groups is 1. The lowest BCUT2D eigenvalue weighted by Crippen LogP contribution is -2.39. The highest BCUT2D eigenvalue weighted by molar-refractivity contribution is 9.10. The van der Waals surface area contributed by atoms with Crippen molar-refractivity contribution in [3.8, 4) is 11.5 Å². The minimum Gasteiger partial charge on any atom is -0.508 e. The second-order valence-corrected chi connectivity index (χ2v) is 8.56. The molecule has 0 saturated carbocycles. The van der Waals surface area contributed by atoms with Crippen LogP contribution in [0, 0.1) is 6.92 Å². The Morgan fingerprint density at radius 1 is 1.03 bits per heavy atom. The number of hydrogen-bond donors (Lipinski definition) is 3. The molecular formula is C24H22BrClN2O2. The van der Waals surface area contributed by atoms with Gasteiger partial charge in [0.25, 0.3) is 0 Å². The average Bonchev–Trinajstić information content (AvgIpc) is 2.75. The zero-order valence-corrected chi connectivity index (χ0v) is 19.0. The van der Waals surface area contributed by atoms with Crippen LogP contribution in [0.2, 0.25) is 5.02 Å². The summed E-state index contributed by atoms with van der Waals surface area (Å²) in [7, 11) is 1.65. The van der Waals surface area contributed by atoms with Crippen LogP contribution in [-0.4, -0.2) is 12.2 Å². The van der Waals surface area contributed by atoms with Gasteiger partial charge in [0.1, 0.15) is 17.7 Å². The number of ether oxygens (including phenoxy) is 1. The number of benzene rings is 3. The monoisotopic (exact) mass is 484 g/mol. The van der Waals surface area contributed by atoms with Gasteiger partial charge in [-0.05, 0) is 70.4 Å². The minimum atomic E-state index is -0.230. The molecule has 3 N–H and O–H groups in total. The van der Waals surface area contributed by atoms with Gasteiger partial charge in [-0.15, -0.1) is 0 Å². The third-order valence-corrected chi connectivity index (χ3v) is 6.03. The zero-order chi connectivity index (χ0) is 21.3. The maximum atomic E-state index is 10.5. The second kappa shape index (κ2) is 8.72. The molecule has 2 unspecified atom stereocenters. The Bertz CT molecular complexity index is 1100. The van der Waals surface area contributed by atoms with E-state index in [1.165, 1.54) is 5.56 Å². The summed E-state index contributed by atoms with van der Waals surface area (Å²) in [6.45, 7) is 2.07. The molecule has 1 heterocycles. The summed E-state index contributed by atoms with van der Waals surface area (Å²) in [5.74, 6) is 0.973. The molecule has 4 nitrogen and oxygen atoms in total. The van der Waals surface area contributed by atoms with E-state index in [4.69, 9.17) is 16.3 Å². The number of nitrogens with one attached hydrogen (secondary N) is 2.